The number of benzene rings is 3. The van der Waals surface area contributed by atoms with E-state index in [0.29, 0.717) is 6.61 Å². The Balaban J connectivity index is 1.65. The van der Waals surface area contributed by atoms with Crippen LogP contribution in [0.5, 0.6) is 5.75 Å². The normalized spacial score (nSPS) is 12.0. The molecule has 1 amide bonds. The molecule has 0 aliphatic heterocycles. The molecule has 172 valence electrons. The van der Waals surface area contributed by atoms with Gasteiger partial charge >= 0.3 is 12.1 Å². The molecule has 33 heavy (non-hydrogen) atoms. The van der Waals surface area contributed by atoms with Crippen LogP contribution in [-0.4, -0.2) is 28.8 Å². The maximum absolute atomic E-state index is 12.0. The van der Waals surface area contributed by atoms with Crippen molar-refractivity contribution in [2.45, 2.75) is 45.4 Å². The molecule has 0 saturated carbocycles. The Bertz CT molecular complexity index is 1070. The third-order valence-electron chi connectivity index (χ3n) is 4.79. The van der Waals surface area contributed by atoms with E-state index in [0.717, 1.165) is 28.0 Å². The molecule has 0 bridgehead atoms. The number of rotatable bonds is 8. The Morgan fingerprint density at radius 1 is 0.879 bits per heavy atom. The molecular formula is C27H29NO5. The number of nitrogens with one attached hydrogen (secondary N) is 1. The average Bonchev–Trinajstić information content (AvgIpc) is 2.77. The predicted octanol–water partition coefficient (Wildman–Crippen LogP) is 5.45. The third-order valence-corrected chi connectivity index (χ3v) is 4.79. The summed E-state index contributed by atoms with van der Waals surface area (Å²) in [5.74, 6) is -0.350. The maximum atomic E-state index is 12.0. The van der Waals surface area contributed by atoms with Gasteiger partial charge < -0.3 is 19.9 Å². The standard InChI is InChI=1S/C27H29NO5/c1-27(2,3)33-26(31)28-24(25(29)30)17-20-10-7-11-22(16-20)21-12-14-23(15-13-21)32-18-19-8-5-4-6-9-19/h4-16,24H,17-18H2,1-3H3,(H,28,31)(H,29,30). The van der Waals surface area contributed by atoms with Gasteiger partial charge in [-0.2, -0.15) is 0 Å². The van der Waals surface area contributed by atoms with Gasteiger partial charge in [-0.1, -0.05) is 66.7 Å². The first-order valence-electron chi connectivity index (χ1n) is 10.8. The first kappa shape index (κ1) is 23.9. The number of carbonyl (C=O) groups is 2. The van der Waals surface area contributed by atoms with Crippen LogP contribution in [-0.2, 0) is 22.6 Å². The fraction of sp³-hybridized carbons (Fsp3) is 0.259. The second kappa shape index (κ2) is 10.7. The van der Waals surface area contributed by atoms with Gasteiger partial charge in [0, 0.05) is 6.42 Å². The van der Waals surface area contributed by atoms with Crippen LogP contribution in [0.25, 0.3) is 11.1 Å². The van der Waals surface area contributed by atoms with Crippen LogP contribution in [0.3, 0.4) is 0 Å². The van der Waals surface area contributed by atoms with Gasteiger partial charge in [-0.3, -0.25) is 0 Å². The molecule has 0 heterocycles. The van der Waals surface area contributed by atoms with Gasteiger partial charge in [0.2, 0.25) is 0 Å². The summed E-state index contributed by atoms with van der Waals surface area (Å²) in [6.07, 6.45) is -0.613. The van der Waals surface area contributed by atoms with Gasteiger partial charge in [0.1, 0.15) is 24.0 Å². The van der Waals surface area contributed by atoms with E-state index in [-0.39, 0.29) is 6.42 Å². The van der Waals surface area contributed by atoms with Crippen LogP contribution in [0, 0.1) is 0 Å². The van der Waals surface area contributed by atoms with Crippen LogP contribution in [0.1, 0.15) is 31.9 Å². The van der Waals surface area contributed by atoms with E-state index in [4.69, 9.17) is 9.47 Å². The summed E-state index contributed by atoms with van der Waals surface area (Å²) in [6.45, 7) is 5.67. The summed E-state index contributed by atoms with van der Waals surface area (Å²) in [5.41, 5.74) is 3.12. The summed E-state index contributed by atoms with van der Waals surface area (Å²) in [7, 11) is 0. The predicted molar refractivity (Wildman–Crippen MR) is 127 cm³/mol. The Hall–Kier alpha value is -3.80. The molecule has 0 radical (unpaired) electrons. The van der Waals surface area contributed by atoms with Crippen molar-refractivity contribution in [3.63, 3.8) is 0 Å². The highest BCUT2D eigenvalue weighted by Gasteiger charge is 2.24. The van der Waals surface area contributed by atoms with Crippen molar-refractivity contribution in [1.82, 2.24) is 5.32 Å². The summed E-state index contributed by atoms with van der Waals surface area (Å²) in [6, 6.07) is 24.2. The number of carbonyl (C=O) groups excluding carboxylic acids is 1. The summed E-state index contributed by atoms with van der Waals surface area (Å²) in [5, 5.41) is 12.0. The Morgan fingerprint density at radius 3 is 2.18 bits per heavy atom. The Morgan fingerprint density at radius 2 is 1.55 bits per heavy atom. The number of amides is 1. The van der Waals surface area contributed by atoms with Crippen molar-refractivity contribution >= 4 is 12.1 Å². The van der Waals surface area contributed by atoms with E-state index in [2.05, 4.69) is 5.32 Å². The molecular weight excluding hydrogens is 418 g/mol. The Labute approximate surface area is 194 Å². The first-order chi connectivity index (χ1) is 15.7. The molecule has 3 aromatic carbocycles. The molecule has 0 aliphatic rings. The van der Waals surface area contributed by atoms with Crippen molar-refractivity contribution < 1.29 is 24.2 Å². The second-order valence-electron chi connectivity index (χ2n) is 8.74. The summed E-state index contributed by atoms with van der Waals surface area (Å²) < 4.78 is 11.0. The van der Waals surface area contributed by atoms with E-state index in [1.54, 1.807) is 20.8 Å². The number of carboxylic acid groups (broad SMARTS) is 1. The second-order valence-corrected chi connectivity index (χ2v) is 8.74. The minimum Gasteiger partial charge on any atom is -0.489 e. The lowest BCUT2D eigenvalue weighted by Gasteiger charge is -2.22. The van der Waals surface area contributed by atoms with E-state index in [1.807, 2.05) is 78.9 Å². The zero-order valence-electron chi connectivity index (χ0n) is 19.1. The SMILES string of the molecule is CC(C)(C)OC(=O)NC(Cc1cccc(-c2ccc(OCc3ccccc3)cc2)c1)C(=O)O. The van der Waals surface area contributed by atoms with Crippen LogP contribution in [0.15, 0.2) is 78.9 Å². The molecule has 3 aromatic rings. The minimum atomic E-state index is -1.12. The third kappa shape index (κ3) is 7.68. The first-order valence-corrected chi connectivity index (χ1v) is 10.8. The monoisotopic (exact) mass is 447 g/mol. The molecule has 1 unspecified atom stereocenters. The fourth-order valence-corrected chi connectivity index (χ4v) is 3.25. The molecule has 0 aliphatic carbocycles. The quantitative estimate of drug-likeness (QED) is 0.479. The highest BCUT2D eigenvalue weighted by atomic mass is 16.6. The van der Waals surface area contributed by atoms with Crippen LogP contribution in [0.2, 0.25) is 0 Å². The lowest BCUT2D eigenvalue weighted by atomic mass is 9.99. The zero-order chi connectivity index (χ0) is 23.8. The van der Waals surface area contributed by atoms with Crippen LogP contribution in [0.4, 0.5) is 4.79 Å². The Kier molecular flexibility index (Phi) is 7.72. The fourth-order valence-electron chi connectivity index (χ4n) is 3.25. The topological polar surface area (TPSA) is 84.9 Å². The molecule has 0 saturated heterocycles. The molecule has 6 heteroatoms. The average molecular weight is 448 g/mol. The van der Waals surface area contributed by atoms with Crippen molar-refractivity contribution in [2.75, 3.05) is 0 Å². The highest BCUT2D eigenvalue weighted by molar-refractivity contribution is 5.80. The van der Waals surface area contributed by atoms with Gasteiger partial charge in [0.25, 0.3) is 0 Å². The number of ether oxygens (including phenoxy) is 2. The van der Waals surface area contributed by atoms with Gasteiger partial charge in [0.05, 0.1) is 0 Å². The molecule has 0 aromatic heterocycles. The van der Waals surface area contributed by atoms with Gasteiger partial charge in [-0.25, -0.2) is 9.59 Å². The van der Waals surface area contributed by atoms with Crippen LogP contribution >= 0.6 is 0 Å². The molecule has 3 rings (SSSR count). The molecule has 1 atom stereocenters. The number of hydrogen-bond acceptors (Lipinski definition) is 4. The van der Waals surface area contributed by atoms with Crippen molar-refractivity contribution in [1.29, 1.82) is 0 Å². The molecule has 6 nitrogen and oxygen atoms in total. The van der Waals surface area contributed by atoms with Gasteiger partial charge in [0.15, 0.2) is 0 Å². The number of carboxylic acids is 1. The number of aliphatic carboxylic acids is 1. The summed E-state index contributed by atoms with van der Waals surface area (Å²) in [4.78, 5) is 23.7. The van der Waals surface area contributed by atoms with Crippen molar-refractivity contribution in [3.05, 3.63) is 90.0 Å². The summed E-state index contributed by atoms with van der Waals surface area (Å²) >= 11 is 0. The van der Waals surface area contributed by atoms with Gasteiger partial charge in [-0.05, 0) is 55.2 Å². The van der Waals surface area contributed by atoms with Crippen LogP contribution < -0.4 is 10.1 Å². The maximum Gasteiger partial charge on any atom is 0.408 e. The number of hydrogen-bond donors (Lipinski definition) is 2. The lowest BCUT2D eigenvalue weighted by molar-refractivity contribution is -0.139. The minimum absolute atomic E-state index is 0.140. The zero-order valence-corrected chi connectivity index (χ0v) is 19.1. The molecule has 2 N–H and O–H groups in total. The van der Waals surface area contributed by atoms with Crippen molar-refractivity contribution in [3.8, 4) is 16.9 Å². The highest BCUT2D eigenvalue weighted by Crippen LogP contribution is 2.24. The van der Waals surface area contributed by atoms with E-state index in [9.17, 15) is 14.7 Å². The molecule has 0 spiro atoms. The van der Waals surface area contributed by atoms with Crippen molar-refractivity contribution in [2.24, 2.45) is 0 Å². The van der Waals surface area contributed by atoms with E-state index in [1.165, 1.54) is 0 Å². The van der Waals surface area contributed by atoms with Gasteiger partial charge in [-0.15, -0.1) is 0 Å². The smallest absolute Gasteiger partial charge is 0.408 e. The van der Waals surface area contributed by atoms with E-state index >= 15 is 0 Å². The van der Waals surface area contributed by atoms with E-state index < -0.39 is 23.7 Å². The molecule has 0 fully saturated rings. The lowest BCUT2D eigenvalue weighted by Crippen LogP contribution is -2.44. The number of alkyl carbamates (subject to hydrolysis) is 1. The largest absolute Gasteiger partial charge is 0.489 e.